The summed E-state index contributed by atoms with van der Waals surface area (Å²) in [4.78, 5) is 23.6. The van der Waals surface area contributed by atoms with E-state index in [2.05, 4.69) is 19.9 Å². The molecular weight excluding hydrogens is 370 g/mol. The Morgan fingerprint density at radius 2 is 2.35 bits per heavy atom. The molecule has 1 aromatic heterocycles. The summed E-state index contributed by atoms with van der Waals surface area (Å²) in [5, 5.41) is 11.2. The number of carbonyl (C=O) groups is 2. The molecule has 4 N–H and O–H groups in total. The zero-order valence-electron chi connectivity index (χ0n) is 13.8. The van der Waals surface area contributed by atoms with Crippen molar-refractivity contribution in [3.63, 3.8) is 0 Å². The minimum atomic E-state index is -4.83. The molecule has 13 nitrogen and oxygen atoms in total. The molecule has 1 aliphatic rings. The highest BCUT2D eigenvalue weighted by Crippen LogP contribution is 2.17. The third kappa shape index (κ3) is 5.85. The number of carbonyl (C=O) groups excluding carboxylic acids is 2. The van der Waals surface area contributed by atoms with Crippen LogP contribution in [0.15, 0.2) is 12.3 Å². The van der Waals surface area contributed by atoms with E-state index < -0.39 is 22.3 Å². The van der Waals surface area contributed by atoms with E-state index in [1.54, 1.807) is 24.2 Å². The van der Waals surface area contributed by atoms with Crippen LogP contribution >= 0.6 is 0 Å². The lowest BCUT2D eigenvalue weighted by atomic mass is 10.1. The highest BCUT2D eigenvalue weighted by Gasteiger charge is 2.27. The fraction of sp³-hybridized carbons (Fsp3) is 0.500. The van der Waals surface area contributed by atoms with Gasteiger partial charge < -0.3 is 11.1 Å². The topological polar surface area (TPSA) is 173 Å². The third-order valence-corrected chi connectivity index (χ3v) is 3.73. The first-order valence-corrected chi connectivity index (χ1v) is 8.75. The summed E-state index contributed by atoms with van der Waals surface area (Å²) in [6, 6.07) is -0.774. The molecule has 0 aromatic carbocycles. The molecule has 0 saturated heterocycles. The monoisotopic (exact) mass is 389 g/mol. The Labute approximate surface area is 149 Å². The number of nitrogens with two attached hydrogens (primary N) is 1. The highest BCUT2D eigenvalue weighted by molar-refractivity contribution is 7.80. The van der Waals surface area contributed by atoms with E-state index in [-0.39, 0.29) is 26.0 Å². The van der Waals surface area contributed by atoms with Gasteiger partial charge >= 0.3 is 10.4 Å². The average molecular weight is 389 g/mol. The van der Waals surface area contributed by atoms with Crippen molar-refractivity contribution in [2.24, 2.45) is 5.73 Å². The molecule has 0 spiro atoms. The zero-order valence-corrected chi connectivity index (χ0v) is 14.7. The first-order valence-electron chi connectivity index (χ1n) is 7.38. The predicted molar refractivity (Wildman–Crippen MR) is 87.0 cm³/mol. The van der Waals surface area contributed by atoms with Gasteiger partial charge in [0.05, 0.1) is 30.2 Å². The summed E-state index contributed by atoms with van der Waals surface area (Å²) in [7, 11) is -3.08. The van der Waals surface area contributed by atoms with E-state index in [9.17, 15) is 18.0 Å². The van der Waals surface area contributed by atoms with Crippen molar-refractivity contribution < 1.29 is 26.8 Å². The molecule has 26 heavy (non-hydrogen) atoms. The van der Waals surface area contributed by atoms with E-state index in [4.69, 9.17) is 10.3 Å². The lowest BCUT2D eigenvalue weighted by Gasteiger charge is -2.32. The van der Waals surface area contributed by atoms with E-state index in [1.807, 2.05) is 0 Å². The van der Waals surface area contributed by atoms with Crippen molar-refractivity contribution in [2.45, 2.75) is 12.6 Å². The molecule has 1 unspecified atom stereocenters. The molecular formula is C12H19N7O6S. The molecule has 2 heterocycles. The zero-order chi connectivity index (χ0) is 19.3. The second-order valence-corrected chi connectivity index (χ2v) is 6.62. The summed E-state index contributed by atoms with van der Waals surface area (Å²) in [6.45, 7) is 1.01. The lowest BCUT2D eigenvalue weighted by Crippen LogP contribution is -2.45. The van der Waals surface area contributed by atoms with Gasteiger partial charge in [0.1, 0.15) is 0 Å². The van der Waals surface area contributed by atoms with Gasteiger partial charge in [-0.1, -0.05) is 5.21 Å². The fourth-order valence-corrected chi connectivity index (χ4v) is 2.75. The van der Waals surface area contributed by atoms with Crippen LogP contribution in [0, 0.1) is 0 Å². The number of nitrogens with zero attached hydrogens (tertiary/aromatic N) is 5. The number of amides is 2. The molecule has 0 radical (unpaired) electrons. The van der Waals surface area contributed by atoms with Gasteiger partial charge in [-0.2, -0.15) is 13.5 Å². The highest BCUT2D eigenvalue weighted by atomic mass is 32.3. The van der Waals surface area contributed by atoms with Gasteiger partial charge in [0.25, 0.3) is 0 Å². The van der Waals surface area contributed by atoms with E-state index in [0.717, 1.165) is 0 Å². The number of hydrogen-bond donors (Lipinski definition) is 3. The standard InChI is InChI=1S/C12H19N7O6S/c1-17-6-10(2-11(7-17)19(8-20)25-26(22,23)24)18-5-9(15-16-18)3-14-4-12(13)21/h2,5,8,11,14H,3-4,6-7H2,1H3,(H2,13,21)(H,22,23,24). The third-order valence-electron chi connectivity index (χ3n) is 3.37. The Balaban J connectivity index is 2.14. The van der Waals surface area contributed by atoms with Gasteiger partial charge in [0, 0.05) is 19.6 Å². The number of hydrogen-bond acceptors (Lipinski definition) is 9. The number of aromatic nitrogens is 3. The van der Waals surface area contributed by atoms with Crippen molar-refractivity contribution in [3.05, 3.63) is 18.0 Å². The normalized spacial score (nSPS) is 18.4. The Hall–Kier alpha value is -2.39. The van der Waals surface area contributed by atoms with Crippen LogP contribution in [-0.2, 0) is 30.8 Å². The van der Waals surface area contributed by atoms with E-state index in [1.165, 1.54) is 4.68 Å². The number of rotatable bonds is 9. The molecule has 0 bridgehead atoms. The van der Waals surface area contributed by atoms with Crippen molar-refractivity contribution in [1.82, 2.24) is 30.3 Å². The number of likely N-dealkylation sites (N-methyl/N-ethyl adjacent to an activating group) is 1. The van der Waals surface area contributed by atoms with Crippen molar-refractivity contribution >= 4 is 28.4 Å². The summed E-state index contributed by atoms with van der Waals surface area (Å²) in [5.41, 5.74) is 6.20. The SMILES string of the molecule is CN1CC(n2cc(CNCC(N)=O)nn2)=CC(N(C=O)OS(=O)(=O)O)C1. The molecule has 1 aliphatic heterocycles. The van der Waals surface area contributed by atoms with Crippen molar-refractivity contribution in [3.8, 4) is 0 Å². The molecule has 1 aromatic rings. The Bertz CT molecular complexity index is 792. The summed E-state index contributed by atoms with van der Waals surface area (Å²) in [5.74, 6) is -0.496. The first kappa shape index (κ1) is 19.9. The van der Waals surface area contributed by atoms with Crippen LogP contribution in [0.1, 0.15) is 5.69 Å². The molecule has 2 amide bonds. The minimum Gasteiger partial charge on any atom is -0.369 e. The van der Waals surface area contributed by atoms with Crippen LogP contribution in [-0.4, -0.2) is 83.0 Å². The van der Waals surface area contributed by atoms with Gasteiger partial charge in [-0.15, -0.1) is 9.38 Å². The maximum Gasteiger partial charge on any atom is 0.418 e. The molecule has 14 heteroatoms. The average Bonchev–Trinajstić information content (AvgIpc) is 2.99. The van der Waals surface area contributed by atoms with Crippen molar-refractivity contribution in [1.29, 1.82) is 0 Å². The van der Waals surface area contributed by atoms with Crippen LogP contribution in [0.25, 0.3) is 5.70 Å². The Morgan fingerprint density at radius 1 is 1.62 bits per heavy atom. The number of hydroxylamine groups is 2. The largest absolute Gasteiger partial charge is 0.418 e. The lowest BCUT2D eigenvalue weighted by molar-refractivity contribution is -0.148. The molecule has 0 aliphatic carbocycles. The van der Waals surface area contributed by atoms with Gasteiger partial charge in [-0.25, -0.2) is 4.68 Å². The van der Waals surface area contributed by atoms with E-state index in [0.29, 0.717) is 23.0 Å². The molecule has 0 saturated carbocycles. The molecule has 0 fully saturated rings. The Morgan fingerprint density at radius 3 is 2.96 bits per heavy atom. The van der Waals surface area contributed by atoms with Gasteiger partial charge in [-0.05, 0) is 13.1 Å². The summed E-state index contributed by atoms with van der Waals surface area (Å²) < 4.78 is 36.2. The van der Waals surface area contributed by atoms with Crippen LogP contribution < -0.4 is 11.1 Å². The minimum absolute atomic E-state index is 0.00162. The van der Waals surface area contributed by atoms with Crippen LogP contribution in [0.5, 0.6) is 0 Å². The second-order valence-electron chi connectivity index (χ2n) is 5.61. The summed E-state index contributed by atoms with van der Waals surface area (Å²) >= 11 is 0. The smallest absolute Gasteiger partial charge is 0.369 e. The fourth-order valence-electron chi connectivity index (χ4n) is 2.38. The van der Waals surface area contributed by atoms with Crippen molar-refractivity contribution in [2.75, 3.05) is 26.7 Å². The Kier molecular flexibility index (Phi) is 6.38. The van der Waals surface area contributed by atoms with Crippen LogP contribution in [0.2, 0.25) is 0 Å². The number of primary amides is 1. The molecule has 144 valence electrons. The van der Waals surface area contributed by atoms with Gasteiger partial charge in [-0.3, -0.25) is 19.0 Å². The number of nitrogens with one attached hydrogen (secondary N) is 1. The first-order chi connectivity index (χ1) is 12.2. The van der Waals surface area contributed by atoms with E-state index >= 15 is 0 Å². The molecule has 1 atom stereocenters. The maximum atomic E-state index is 11.1. The maximum absolute atomic E-state index is 11.1. The molecule has 2 rings (SSSR count). The quantitative estimate of drug-likeness (QED) is 0.227. The van der Waals surface area contributed by atoms with Crippen LogP contribution in [0.4, 0.5) is 0 Å². The van der Waals surface area contributed by atoms with Gasteiger partial charge in [0.2, 0.25) is 12.3 Å². The van der Waals surface area contributed by atoms with Gasteiger partial charge in [0.15, 0.2) is 0 Å². The summed E-state index contributed by atoms with van der Waals surface area (Å²) in [6.07, 6.45) is 3.35. The predicted octanol–water partition coefficient (Wildman–Crippen LogP) is -2.80. The van der Waals surface area contributed by atoms with Crippen LogP contribution in [0.3, 0.4) is 0 Å². The second kappa shape index (κ2) is 8.33.